The fourth-order valence-electron chi connectivity index (χ4n) is 5.10. The Labute approximate surface area is 231 Å². The summed E-state index contributed by atoms with van der Waals surface area (Å²) in [5, 5.41) is 6.80. The molecule has 5 heterocycles. The maximum Gasteiger partial charge on any atom is 0.263 e. The molecular formula is C27H31ClN6O5. The number of hydrogen-bond acceptors (Lipinski definition) is 9. The number of methoxy groups -OCH3 is 2. The van der Waals surface area contributed by atoms with Gasteiger partial charge in [0.05, 0.1) is 28.9 Å². The average Bonchev–Trinajstić information content (AvgIpc) is 2.95. The number of fused-ring (bicyclic) bond motifs is 2. The van der Waals surface area contributed by atoms with Crippen LogP contribution in [0.1, 0.15) is 30.5 Å². The normalized spacial score (nSPS) is 18.8. The third-order valence-electron chi connectivity index (χ3n) is 7.07. The van der Waals surface area contributed by atoms with E-state index in [9.17, 15) is 9.59 Å². The molecule has 39 heavy (non-hydrogen) atoms. The standard InChI is InChI=1S/C27H31ClN6O5/c1-37-15-25(36)34-13-17(29-11-16-4-9-22-27(31-16)32-23(35)14-39-22)3-5-18(34)6-7-19-20(28)12-30-21-8-10-24(38-2)33-26(19)21/h4,8-10,12,17-18,29H,3,5-7,11,13-15H2,1-2H3,(H,31,32,35)/t17-,18+/m0/s1. The van der Waals surface area contributed by atoms with E-state index in [0.29, 0.717) is 47.5 Å². The highest BCUT2D eigenvalue weighted by atomic mass is 35.5. The first-order chi connectivity index (χ1) is 18.9. The van der Waals surface area contributed by atoms with E-state index in [-0.39, 0.29) is 37.1 Å². The van der Waals surface area contributed by atoms with Gasteiger partial charge in [-0.15, -0.1) is 0 Å². The SMILES string of the molecule is COCC(=O)N1C[C@@H](NCc2ccc3c(n2)NC(=O)CO3)CC[C@@H]1CCc1c(Cl)cnc2ccc(OC)nc12. The van der Waals surface area contributed by atoms with Crippen molar-refractivity contribution in [2.24, 2.45) is 0 Å². The van der Waals surface area contributed by atoms with Crippen molar-refractivity contribution >= 4 is 40.3 Å². The van der Waals surface area contributed by atoms with Gasteiger partial charge in [-0.25, -0.2) is 9.97 Å². The number of rotatable bonds is 9. The third-order valence-corrected chi connectivity index (χ3v) is 7.40. The Balaban J connectivity index is 1.25. The van der Waals surface area contributed by atoms with Crippen LogP contribution >= 0.6 is 11.6 Å². The van der Waals surface area contributed by atoms with Gasteiger partial charge < -0.3 is 29.7 Å². The molecule has 5 rings (SSSR count). The molecular weight excluding hydrogens is 524 g/mol. The van der Waals surface area contributed by atoms with Crippen LogP contribution in [0.25, 0.3) is 11.0 Å². The number of nitrogens with zero attached hydrogens (tertiary/aromatic N) is 4. The van der Waals surface area contributed by atoms with Crippen LogP contribution in [0.15, 0.2) is 30.5 Å². The van der Waals surface area contributed by atoms with Crippen LogP contribution in [-0.2, 0) is 27.3 Å². The first kappa shape index (κ1) is 27.0. The zero-order valence-electron chi connectivity index (χ0n) is 21.9. The molecule has 0 bridgehead atoms. The van der Waals surface area contributed by atoms with Crippen LogP contribution in [0.5, 0.6) is 11.6 Å². The number of likely N-dealkylation sites (tertiary alicyclic amines) is 1. The van der Waals surface area contributed by atoms with Gasteiger partial charge in [-0.1, -0.05) is 11.6 Å². The number of hydrogen-bond donors (Lipinski definition) is 2. The first-order valence-corrected chi connectivity index (χ1v) is 13.3. The number of carbonyl (C=O) groups excluding carboxylic acids is 2. The highest BCUT2D eigenvalue weighted by Crippen LogP contribution is 2.29. The molecule has 3 aromatic heterocycles. The van der Waals surface area contributed by atoms with E-state index >= 15 is 0 Å². The summed E-state index contributed by atoms with van der Waals surface area (Å²) in [4.78, 5) is 40.0. The van der Waals surface area contributed by atoms with Crippen molar-refractivity contribution in [3.63, 3.8) is 0 Å². The van der Waals surface area contributed by atoms with E-state index in [1.54, 1.807) is 19.4 Å². The van der Waals surface area contributed by atoms with Crippen LogP contribution in [0.3, 0.4) is 0 Å². The molecule has 206 valence electrons. The van der Waals surface area contributed by atoms with Gasteiger partial charge in [0.15, 0.2) is 18.2 Å². The summed E-state index contributed by atoms with van der Waals surface area (Å²) in [6.07, 6.45) is 4.74. The van der Waals surface area contributed by atoms with Crippen molar-refractivity contribution < 1.29 is 23.8 Å². The molecule has 0 unspecified atom stereocenters. The van der Waals surface area contributed by atoms with Gasteiger partial charge in [0.1, 0.15) is 6.61 Å². The summed E-state index contributed by atoms with van der Waals surface area (Å²) in [5.74, 6) is 1.22. The molecule has 2 atom stereocenters. The van der Waals surface area contributed by atoms with Gasteiger partial charge in [0.25, 0.3) is 5.91 Å². The number of nitrogens with one attached hydrogen (secondary N) is 2. The Kier molecular flexibility index (Phi) is 8.39. The molecule has 1 saturated heterocycles. The number of pyridine rings is 3. The molecule has 0 aromatic carbocycles. The van der Waals surface area contributed by atoms with Crippen LogP contribution < -0.4 is 20.1 Å². The largest absolute Gasteiger partial charge is 0.481 e. The summed E-state index contributed by atoms with van der Waals surface area (Å²) < 4.78 is 15.9. The quantitative estimate of drug-likeness (QED) is 0.410. The van der Waals surface area contributed by atoms with Crippen LogP contribution in [0.2, 0.25) is 5.02 Å². The molecule has 2 aliphatic rings. The van der Waals surface area contributed by atoms with Crippen molar-refractivity contribution in [2.75, 3.05) is 39.3 Å². The number of halogens is 1. The van der Waals surface area contributed by atoms with E-state index in [4.69, 9.17) is 25.8 Å². The molecule has 2 N–H and O–H groups in total. The summed E-state index contributed by atoms with van der Waals surface area (Å²) in [6, 6.07) is 7.43. The molecule has 3 aromatic rings. The van der Waals surface area contributed by atoms with Gasteiger partial charge >= 0.3 is 0 Å². The van der Waals surface area contributed by atoms with E-state index in [0.717, 1.165) is 36.0 Å². The Morgan fingerprint density at radius 1 is 1.23 bits per heavy atom. The second-order valence-corrected chi connectivity index (χ2v) is 10.0. The van der Waals surface area contributed by atoms with Crippen molar-refractivity contribution in [3.8, 4) is 11.6 Å². The van der Waals surface area contributed by atoms with Gasteiger partial charge in [0.2, 0.25) is 11.8 Å². The lowest BCUT2D eigenvalue weighted by atomic mass is 9.93. The van der Waals surface area contributed by atoms with E-state index < -0.39 is 0 Å². The monoisotopic (exact) mass is 554 g/mol. The molecule has 11 nitrogen and oxygen atoms in total. The van der Waals surface area contributed by atoms with Gasteiger partial charge in [-0.3, -0.25) is 14.6 Å². The molecule has 2 aliphatic heterocycles. The van der Waals surface area contributed by atoms with Gasteiger partial charge in [-0.2, -0.15) is 0 Å². The van der Waals surface area contributed by atoms with Crippen molar-refractivity contribution in [2.45, 2.75) is 44.3 Å². The lowest BCUT2D eigenvalue weighted by Gasteiger charge is -2.40. The van der Waals surface area contributed by atoms with Gasteiger partial charge in [0, 0.05) is 50.1 Å². The zero-order valence-corrected chi connectivity index (χ0v) is 22.7. The minimum absolute atomic E-state index is 0.00481. The van der Waals surface area contributed by atoms with Crippen LogP contribution in [-0.4, -0.2) is 77.7 Å². The number of anilines is 1. The maximum atomic E-state index is 13.0. The topological polar surface area (TPSA) is 128 Å². The van der Waals surface area contributed by atoms with E-state index in [2.05, 4.69) is 25.6 Å². The maximum absolute atomic E-state index is 13.0. The molecule has 12 heteroatoms. The summed E-state index contributed by atoms with van der Waals surface area (Å²) in [7, 11) is 3.10. The predicted octanol–water partition coefficient (Wildman–Crippen LogP) is 2.75. The molecule has 1 fully saturated rings. The summed E-state index contributed by atoms with van der Waals surface area (Å²) in [5.41, 5.74) is 3.14. The highest BCUT2D eigenvalue weighted by Gasteiger charge is 2.31. The lowest BCUT2D eigenvalue weighted by Crippen LogP contribution is -2.53. The smallest absolute Gasteiger partial charge is 0.263 e. The number of ether oxygens (including phenoxy) is 3. The Morgan fingerprint density at radius 3 is 2.92 bits per heavy atom. The first-order valence-electron chi connectivity index (χ1n) is 12.9. The molecule has 0 saturated carbocycles. The van der Waals surface area contributed by atoms with E-state index in [1.807, 2.05) is 23.1 Å². The second-order valence-electron chi connectivity index (χ2n) is 9.62. The van der Waals surface area contributed by atoms with Crippen molar-refractivity contribution in [3.05, 3.63) is 46.7 Å². The molecule has 0 aliphatic carbocycles. The van der Waals surface area contributed by atoms with Gasteiger partial charge in [-0.05, 0) is 43.9 Å². The fourth-order valence-corrected chi connectivity index (χ4v) is 5.33. The fraction of sp³-hybridized carbons (Fsp3) is 0.444. The summed E-state index contributed by atoms with van der Waals surface area (Å²) >= 11 is 6.55. The zero-order chi connectivity index (χ0) is 27.4. The Bertz CT molecular complexity index is 1370. The minimum atomic E-state index is -0.221. The lowest BCUT2D eigenvalue weighted by molar-refractivity contribution is -0.139. The summed E-state index contributed by atoms with van der Waals surface area (Å²) in [6.45, 7) is 1.06. The number of piperidine rings is 1. The Hall–Kier alpha value is -3.54. The minimum Gasteiger partial charge on any atom is -0.481 e. The second kappa shape index (κ2) is 12.1. The van der Waals surface area contributed by atoms with E-state index in [1.165, 1.54) is 7.11 Å². The highest BCUT2D eigenvalue weighted by molar-refractivity contribution is 6.32. The predicted molar refractivity (Wildman–Crippen MR) is 145 cm³/mol. The van der Waals surface area contributed by atoms with Crippen LogP contribution in [0, 0.1) is 0 Å². The molecule has 0 spiro atoms. The molecule has 2 amide bonds. The van der Waals surface area contributed by atoms with Crippen molar-refractivity contribution in [1.82, 2.24) is 25.2 Å². The van der Waals surface area contributed by atoms with Crippen LogP contribution in [0.4, 0.5) is 5.82 Å². The average molecular weight is 555 g/mol. The number of amides is 2. The Morgan fingerprint density at radius 2 is 2.10 bits per heavy atom. The van der Waals surface area contributed by atoms with Crippen molar-refractivity contribution in [1.29, 1.82) is 0 Å². The number of aromatic nitrogens is 3. The third kappa shape index (κ3) is 6.21. The molecule has 0 radical (unpaired) electrons. The number of carbonyl (C=O) groups is 2. The number of aryl methyl sites for hydroxylation is 1.